The highest BCUT2D eigenvalue weighted by molar-refractivity contribution is 5.94. The average molecular weight is 298 g/mol. The fraction of sp³-hybridized carbons (Fsp3) is 0.385. The molecule has 0 fully saturated rings. The van der Waals surface area contributed by atoms with Crippen molar-refractivity contribution in [1.29, 1.82) is 0 Å². The van der Waals surface area contributed by atoms with Gasteiger partial charge in [-0.05, 0) is 6.07 Å². The standard InChI is InChI=1S/C13H15FN2O5/c1-8(13(18)21-3)7-15(2)12(17)10-5-4-9(16(19)20)6-11(10)14/h4-6,8H,7H2,1-3H3. The van der Waals surface area contributed by atoms with Crippen LogP contribution in [-0.2, 0) is 9.53 Å². The lowest BCUT2D eigenvalue weighted by Gasteiger charge is -2.20. The van der Waals surface area contributed by atoms with Crippen molar-refractivity contribution in [2.24, 2.45) is 5.92 Å². The number of carbonyl (C=O) groups excluding carboxylic acids is 2. The van der Waals surface area contributed by atoms with Gasteiger partial charge in [0.25, 0.3) is 11.6 Å². The van der Waals surface area contributed by atoms with Gasteiger partial charge < -0.3 is 9.64 Å². The van der Waals surface area contributed by atoms with Crippen LogP contribution in [0.4, 0.5) is 10.1 Å². The maximum Gasteiger partial charge on any atom is 0.310 e. The van der Waals surface area contributed by atoms with Crippen LogP contribution in [-0.4, -0.2) is 42.4 Å². The van der Waals surface area contributed by atoms with Gasteiger partial charge in [-0.25, -0.2) is 4.39 Å². The largest absolute Gasteiger partial charge is 0.469 e. The van der Waals surface area contributed by atoms with Gasteiger partial charge in [0, 0.05) is 19.7 Å². The molecule has 1 unspecified atom stereocenters. The van der Waals surface area contributed by atoms with Gasteiger partial charge in [-0.1, -0.05) is 6.92 Å². The van der Waals surface area contributed by atoms with E-state index in [2.05, 4.69) is 4.74 Å². The quantitative estimate of drug-likeness (QED) is 0.468. The minimum absolute atomic E-state index is 0.0436. The molecule has 0 saturated carbocycles. The number of halogens is 1. The van der Waals surface area contributed by atoms with Gasteiger partial charge in [0.2, 0.25) is 0 Å². The Morgan fingerprint density at radius 2 is 2.10 bits per heavy atom. The Morgan fingerprint density at radius 3 is 2.57 bits per heavy atom. The third-order valence-corrected chi connectivity index (χ3v) is 2.89. The van der Waals surface area contributed by atoms with Crippen LogP contribution in [0.5, 0.6) is 0 Å². The van der Waals surface area contributed by atoms with E-state index in [4.69, 9.17) is 0 Å². The van der Waals surface area contributed by atoms with Crippen molar-refractivity contribution < 1.29 is 23.6 Å². The number of methoxy groups -OCH3 is 1. The normalized spacial score (nSPS) is 11.6. The van der Waals surface area contributed by atoms with Gasteiger partial charge in [0.05, 0.1) is 29.6 Å². The van der Waals surface area contributed by atoms with E-state index in [0.717, 1.165) is 17.0 Å². The van der Waals surface area contributed by atoms with Gasteiger partial charge in [-0.3, -0.25) is 19.7 Å². The van der Waals surface area contributed by atoms with E-state index in [9.17, 15) is 24.1 Å². The zero-order chi connectivity index (χ0) is 16.2. The molecule has 114 valence electrons. The van der Waals surface area contributed by atoms with Crippen LogP contribution in [0, 0.1) is 21.8 Å². The van der Waals surface area contributed by atoms with Gasteiger partial charge >= 0.3 is 5.97 Å². The first kappa shape index (κ1) is 16.5. The highest BCUT2D eigenvalue weighted by atomic mass is 19.1. The number of amides is 1. The summed E-state index contributed by atoms with van der Waals surface area (Å²) in [6, 6.07) is 2.79. The van der Waals surface area contributed by atoms with Gasteiger partial charge in [-0.2, -0.15) is 0 Å². The maximum absolute atomic E-state index is 13.7. The number of nitrogens with zero attached hydrogens (tertiary/aromatic N) is 2. The number of non-ortho nitro benzene ring substituents is 1. The van der Waals surface area contributed by atoms with Crippen LogP contribution in [0.15, 0.2) is 18.2 Å². The SMILES string of the molecule is COC(=O)C(C)CN(C)C(=O)c1ccc([N+](=O)[O-])cc1F. The first-order valence-corrected chi connectivity index (χ1v) is 6.05. The number of nitro groups is 1. The summed E-state index contributed by atoms with van der Waals surface area (Å²) in [6.45, 7) is 1.61. The molecule has 0 radical (unpaired) electrons. The summed E-state index contributed by atoms with van der Waals surface area (Å²) in [7, 11) is 2.64. The van der Waals surface area contributed by atoms with Crippen molar-refractivity contribution in [3.63, 3.8) is 0 Å². The second-order valence-corrected chi connectivity index (χ2v) is 4.53. The van der Waals surface area contributed by atoms with Gasteiger partial charge in [0.15, 0.2) is 0 Å². The minimum atomic E-state index is -0.980. The van der Waals surface area contributed by atoms with Crippen molar-refractivity contribution in [1.82, 2.24) is 4.90 Å². The number of hydrogen-bond donors (Lipinski definition) is 0. The maximum atomic E-state index is 13.7. The molecule has 0 heterocycles. The molecule has 0 bridgehead atoms. The van der Waals surface area contributed by atoms with Crippen molar-refractivity contribution in [2.45, 2.75) is 6.92 Å². The average Bonchev–Trinajstić information content (AvgIpc) is 2.45. The summed E-state index contributed by atoms with van der Waals surface area (Å²) >= 11 is 0. The summed E-state index contributed by atoms with van der Waals surface area (Å²) in [6.07, 6.45) is 0. The predicted octanol–water partition coefficient (Wildman–Crippen LogP) is 1.61. The molecule has 0 aliphatic rings. The summed E-state index contributed by atoms with van der Waals surface area (Å²) in [5.74, 6) is -2.70. The molecular formula is C13H15FN2O5. The lowest BCUT2D eigenvalue weighted by Crippen LogP contribution is -2.34. The summed E-state index contributed by atoms with van der Waals surface area (Å²) in [5, 5.41) is 10.5. The first-order valence-electron chi connectivity index (χ1n) is 6.05. The molecule has 1 aromatic carbocycles. The lowest BCUT2D eigenvalue weighted by molar-refractivity contribution is -0.385. The molecule has 0 spiro atoms. The molecule has 7 nitrogen and oxygen atoms in total. The van der Waals surface area contributed by atoms with E-state index in [1.54, 1.807) is 6.92 Å². The van der Waals surface area contributed by atoms with Crippen LogP contribution in [0.1, 0.15) is 17.3 Å². The molecule has 0 aliphatic heterocycles. The smallest absolute Gasteiger partial charge is 0.310 e. The number of benzene rings is 1. The van der Waals surface area contributed by atoms with E-state index >= 15 is 0 Å². The van der Waals surface area contributed by atoms with Crippen LogP contribution in [0.25, 0.3) is 0 Å². The van der Waals surface area contributed by atoms with Crippen LogP contribution in [0.2, 0.25) is 0 Å². The summed E-state index contributed by atoms with van der Waals surface area (Å²) in [4.78, 5) is 34.3. The van der Waals surface area contributed by atoms with E-state index < -0.39 is 34.2 Å². The van der Waals surface area contributed by atoms with E-state index in [-0.39, 0.29) is 12.1 Å². The van der Waals surface area contributed by atoms with Crippen molar-refractivity contribution in [3.8, 4) is 0 Å². The molecule has 0 aromatic heterocycles. The molecular weight excluding hydrogens is 283 g/mol. The Hall–Kier alpha value is -2.51. The Morgan fingerprint density at radius 1 is 1.48 bits per heavy atom. The summed E-state index contributed by atoms with van der Waals surface area (Å²) < 4.78 is 18.3. The van der Waals surface area contributed by atoms with Gasteiger partial charge in [0.1, 0.15) is 5.82 Å². The highest BCUT2D eigenvalue weighted by Gasteiger charge is 2.22. The first-order chi connectivity index (χ1) is 9.77. The number of hydrogen-bond acceptors (Lipinski definition) is 5. The Labute approximate surface area is 120 Å². The minimum Gasteiger partial charge on any atom is -0.469 e. The Bertz CT molecular complexity index is 576. The molecule has 1 rings (SSSR count). The molecule has 1 atom stereocenters. The topological polar surface area (TPSA) is 89.8 Å². The van der Waals surface area contributed by atoms with E-state index in [0.29, 0.717) is 6.07 Å². The van der Waals surface area contributed by atoms with Crippen molar-refractivity contribution >= 4 is 17.6 Å². The van der Waals surface area contributed by atoms with Gasteiger partial charge in [-0.15, -0.1) is 0 Å². The molecule has 1 amide bonds. The molecule has 0 aliphatic carbocycles. The Balaban J connectivity index is 2.88. The fourth-order valence-electron chi connectivity index (χ4n) is 1.77. The van der Waals surface area contributed by atoms with Crippen molar-refractivity contribution in [2.75, 3.05) is 20.7 Å². The van der Waals surface area contributed by atoms with Crippen LogP contribution < -0.4 is 0 Å². The molecule has 0 saturated heterocycles. The van der Waals surface area contributed by atoms with E-state index in [1.165, 1.54) is 14.2 Å². The lowest BCUT2D eigenvalue weighted by atomic mass is 10.1. The zero-order valence-corrected chi connectivity index (χ0v) is 11.8. The number of nitro benzene ring substituents is 1. The molecule has 0 N–H and O–H groups in total. The number of esters is 1. The molecule has 8 heteroatoms. The Kier molecular flexibility index (Phi) is 5.34. The predicted molar refractivity (Wildman–Crippen MR) is 71.2 cm³/mol. The second kappa shape index (κ2) is 6.78. The highest BCUT2D eigenvalue weighted by Crippen LogP contribution is 2.18. The number of carbonyl (C=O) groups is 2. The molecule has 21 heavy (non-hydrogen) atoms. The zero-order valence-electron chi connectivity index (χ0n) is 11.8. The second-order valence-electron chi connectivity index (χ2n) is 4.53. The fourth-order valence-corrected chi connectivity index (χ4v) is 1.77. The van der Waals surface area contributed by atoms with Crippen LogP contribution in [0.3, 0.4) is 0 Å². The van der Waals surface area contributed by atoms with Crippen molar-refractivity contribution in [3.05, 3.63) is 39.7 Å². The number of ether oxygens (including phenoxy) is 1. The number of rotatable bonds is 5. The monoisotopic (exact) mass is 298 g/mol. The van der Waals surface area contributed by atoms with Crippen LogP contribution >= 0.6 is 0 Å². The summed E-state index contributed by atoms with van der Waals surface area (Å²) in [5.41, 5.74) is -0.727. The third-order valence-electron chi connectivity index (χ3n) is 2.89. The van der Waals surface area contributed by atoms with E-state index in [1.807, 2.05) is 0 Å². The molecule has 1 aromatic rings. The third kappa shape index (κ3) is 3.98.